The summed E-state index contributed by atoms with van der Waals surface area (Å²) in [6.07, 6.45) is -1.46. The molecule has 82 valence electrons. The summed E-state index contributed by atoms with van der Waals surface area (Å²) in [6, 6.07) is 0. The van der Waals surface area contributed by atoms with Crippen LogP contribution in [0.5, 0.6) is 0 Å². The van der Waals surface area contributed by atoms with E-state index in [2.05, 4.69) is 4.18 Å². The van der Waals surface area contributed by atoms with Crippen molar-refractivity contribution in [3.8, 4) is 0 Å². The van der Waals surface area contributed by atoms with Crippen molar-refractivity contribution in [1.29, 1.82) is 0 Å². The van der Waals surface area contributed by atoms with Crippen LogP contribution in [0.15, 0.2) is 0 Å². The third-order valence-corrected chi connectivity index (χ3v) is 3.55. The second-order valence-corrected chi connectivity index (χ2v) is 5.27. The minimum absolute atomic E-state index is 0.535. The average molecular weight is 223 g/mol. The number of hydrogen-bond acceptors (Lipinski definition) is 3. The van der Waals surface area contributed by atoms with Gasteiger partial charge >= 0.3 is 6.09 Å². The molecule has 0 saturated carbocycles. The summed E-state index contributed by atoms with van der Waals surface area (Å²) in [4.78, 5) is 11.0. The fourth-order valence-corrected chi connectivity index (χ4v) is 2.10. The molecule has 0 aromatic heterocycles. The molecule has 0 aromatic rings. The normalized spacial score (nSPS) is 39.1. The molecule has 5 nitrogen and oxygen atoms in total. The van der Waals surface area contributed by atoms with Gasteiger partial charge in [0.2, 0.25) is 0 Å². The monoisotopic (exact) mass is 223 g/mol. The highest BCUT2D eigenvalue weighted by Gasteiger charge is 2.53. The molecule has 1 rings (SSSR count). The van der Waals surface area contributed by atoms with Crippen LogP contribution in [-0.2, 0) is 15.4 Å². The molecule has 6 heteroatoms. The quantitative estimate of drug-likeness (QED) is 0.673. The molecule has 14 heavy (non-hydrogen) atoms. The van der Waals surface area contributed by atoms with E-state index in [1.807, 2.05) is 0 Å². The summed E-state index contributed by atoms with van der Waals surface area (Å²) in [5.41, 5.74) is -2.28. The van der Waals surface area contributed by atoms with Crippen molar-refractivity contribution in [1.82, 2.24) is 4.31 Å². The highest BCUT2D eigenvalue weighted by atomic mass is 32.2. The van der Waals surface area contributed by atoms with Crippen LogP contribution in [0, 0.1) is 5.41 Å². The number of carbonyl (C=O) groups is 1. The fraction of sp³-hybridized carbons (Fsp3) is 0.875. The van der Waals surface area contributed by atoms with Crippen molar-refractivity contribution in [2.45, 2.75) is 33.2 Å². The first-order chi connectivity index (χ1) is 6.95. The third-order valence-electron chi connectivity index (χ3n) is 2.50. The lowest BCUT2D eigenvalue weighted by Crippen LogP contribution is -2.54. The molecular weight excluding hydrogens is 206 g/mol. The Hall–Kier alpha value is -0.620. The molecule has 0 bridgehead atoms. The van der Waals surface area contributed by atoms with Crippen molar-refractivity contribution in [2.24, 2.45) is 5.41 Å². The Bertz CT molecular complexity index is 354. The van der Waals surface area contributed by atoms with Crippen LogP contribution in [-0.4, -0.2) is 31.8 Å². The van der Waals surface area contributed by atoms with Crippen LogP contribution < -0.4 is 0 Å². The molecule has 1 N–H and O–H groups in total. The van der Waals surface area contributed by atoms with Gasteiger partial charge in [-0.15, -0.1) is 0 Å². The molecule has 0 aromatic carbocycles. The molecule has 2 atom stereocenters. The predicted molar refractivity (Wildman–Crippen MR) is 51.8 cm³/mol. The Balaban J connectivity index is 3.40. The first-order valence-electron chi connectivity index (χ1n) is 5.09. The van der Waals surface area contributed by atoms with E-state index < -0.39 is 34.9 Å². The van der Waals surface area contributed by atoms with Gasteiger partial charge in [-0.1, -0.05) is 20.8 Å². The van der Waals surface area contributed by atoms with Crippen molar-refractivity contribution in [2.75, 3.05) is 6.56 Å². The number of carboxylic acid groups (broad SMARTS) is 1. The van der Waals surface area contributed by atoms with Gasteiger partial charge in [0, 0.05) is 0 Å². The van der Waals surface area contributed by atoms with Gasteiger partial charge in [0.25, 0.3) is 11.3 Å². The Labute approximate surface area is 88.6 Å². The SMILES string of the molecule is [2H]C1([2H])OS(=O)N(C(=O)O)[C@@]1(C)C(C)(C)C. The van der Waals surface area contributed by atoms with E-state index in [1.165, 1.54) is 6.92 Å². The van der Waals surface area contributed by atoms with Crippen LogP contribution in [0.1, 0.15) is 30.4 Å². The maximum absolute atomic E-state index is 11.5. The summed E-state index contributed by atoms with van der Waals surface area (Å²) in [6.45, 7) is 4.12. The summed E-state index contributed by atoms with van der Waals surface area (Å²) >= 11 is -2.32. The van der Waals surface area contributed by atoms with Gasteiger partial charge in [0.05, 0.1) is 14.8 Å². The maximum Gasteiger partial charge on any atom is 0.421 e. The summed E-state index contributed by atoms with van der Waals surface area (Å²) in [5.74, 6) is 0. The summed E-state index contributed by atoms with van der Waals surface area (Å²) in [7, 11) is 0. The van der Waals surface area contributed by atoms with Crippen LogP contribution in [0.2, 0.25) is 0 Å². The summed E-state index contributed by atoms with van der Waals surface area (Å²) in [5, 5.41) is 9.00. The van der Waals surface area contributed by atoms with Crippen LogP contribution in [0.25, 0.3) is 0 Å². The fourth-order valence-electron chi connectivity index (χ4n) is 1.06. The Morgan fingerprint density at radius 3 is 2.50 bits per heavy atom. The zero-order valence-corrected chi connectivity index (χ0v) is 9.34. The minimum Gasteiger partial charge on any atom is -0.464 e. The first-order valence-corrected chi connectivity index (χ1v) is 5.13. The van der Waals surface area contributed by atoms with Gasteiger partial charge in [-0.25, -0.2) is 9.00 Å². The number of amides is 1. The van der Waals surface area contributed by atoms with E-state index in [0.717, 1.165) is 0 Å². The van der Waals surface area contributed by atoms with Gasteiger partial charge < -0.3 is 5.11 Å². The topological polar surface area (TPSA) is 66.8 Å². The molecule has 1 saturated heterocycles. The van der Waals surface area contributed by atoms with Crippen LogP contribution in [0.3, 0.4) is 0 Å². The average Bonchev–Trinajstić information content (AvgIpc) is 2.16. The van der Waals surface area contributed by atoms with E-state index in [-0.39, 0.29) is 0 Å². The number of rotatable bonds is 0. The lowest BCUT2D eigenvalue weighted by atomic mass is 9.75. The summed E-state index contributed by atoms with van der Waals surface area (Å²) < 4.78 is 32.0. The number of nitrogens with zero attached hydrogens (tertiary/aromatic N) is 1. The van der Waals surface area contributed by atoms with Crippen molar-refractivity contribution in [3.63, 3.8) is 0 Å². The highest BCUT2D eigenvalue weighted by molar-refractivity contribution is 7.78. The molecule has 1 amide bonds. The lowest BCUT2D eigenvalue weighted by molar-refractivity contribution is 0.0681. The zero-order chi connectivity index (χ0) is 12.9. The Morgan fingerprint density at radius 1 is 1.71 bits per heavy atom. The molecule has 0 radical (unpaired) electrons. The standard InChI is InChI=1S/C8H15NO4S/c1-7(2,3)8(4)5-13-14(12)9(8)6(10)11/h5H2,1-4H3,(H,10,11)/t8-,14?/m1/s1/i5D2. The lowest BCUT2D eigenvalue weighted by Gasteiger charge is -2.40. The molecule has 1 aliphatic heterocycles. The van der Waals surface area contributed by atoms with Gasteiger partial charge in [-0.05, 0) is 12.3 Å². The van der Waals surface area contributed by atoms with Crippen molar-refractivity contribution >= 4 is 17.4 Å². The molecule has 1 heterocycles. The molecule has 1 aliphatic rings. The van der Waals surface area contributed by atoms with Gasteiger partial charge in [-0.3, -0.25) is 4.18 Å². The minimum atomic E-state index is -2.32. The van der Waals surface area contributed by atoms with E-state index in [4.69, 9.17) is 7.85 Å². The molecule has 1 fully saturated rings. The molecular formula is C8H15NO4S. The first kappa shape index (κ1) is 8.67. The van der Waals surface area contributed by atoms with Gasteiger partial charge in [0.15, 0.2) is 0 Å². The Morgan fingerprint density at radius 2 is 2.21 bits per heavy atom. The van der Waals surface area contributed by atoms with Crippen molar-refractivity contribution < 1.29 is 21.0 Å². The van der Waals surface area contributed by atoms with Crippen molar-refractivity contribution in [3.05, 3.63) is 0 Å². The van der Waals surface area contributed by atoms with E-state index >= 15 is 0 Å². The molecule has 0 spiro atoms. The van der Waals surface area contributed by atoms with Crippen LogP contribution in [0.4, 0.5) is 4.79 Å². The van der Waals surface area contributed by atoms with E-state index in [0.29, 0.717) is 4.31 Å². The maximum atomic E-state index is 11.5. The second-order valence-electron chi connectivity index (χ2n) is 4.30. The Kier molecular flexibility index (Phi) is 1.98. The van der Waals surface area contributed by atoms with E-state index in [9.17, 15) is 9.00 Å². The highest BCUT2D eigenvalue weighted by Crippen LogP contribution is 2.40. The second kappa shape index (κ2) is 3.20. The predicted octanol–water partition coefficient (Wildman–Crippen LogP) is 1.38. The van der Waals surface area contributed by atoms with Gasteiger partial charge in [0.1, 0.15) is 0 Å². The third kappa shape index (κ3) is 1.52. The largest absolute Gasteiger partial charge is 0.464 e. The molecule has 1 unspecified atom stereocenters. The van der Waals surface area contributed by atoms with Crippen LogP contribution >= 0.6 is 0 Å². The zero-order valence-electron chi connectivity index (χ0n) is 10.5. The van der Waals surface area contributed by atoms with E-state index in [1.54, 1.807) is 20.8 Å². The molecule has 0 aliphatic carbocycles. The smallest absolute Gasteiger partial charge is 0.421 e. The number of hydrogen-bond donors (Lipinski definition) is 1. The van der Waals surface area contributed by atoms with Gasteiger partial charge in [-0.2, -0.15) is 4.31 Å².